The van der Waals surface area contributed by atoms with Gasteiger partial charge in [-0.25, -0.2) is 4.98 Å². The molecule has 0 aliphatic rings. The lowest BCUT2D eigenvalue weighted by atomic mass is 10.1. The van der Waals surface area contributed by atoms with Crippen LogP contribution in [0.3, 0.4) is 0 Å². The van der Waals surface area contributed by atoms with Crippen molar-refractivity contribution in [2.45, 2.75) is 11.8 Å². The average molecular weight is 491 g/mol. The van der Waals surface area contributed by atoms with Crippen molar-refractivity contribution in [3.63, 3.8) is 0 Å². The number of hydrogen-bond acceptors (Lipinski definition) is 9. The number of aromatic nitrogens is 3. The normalized spacial score (nSPS) is 10.9. The summed E-state index contributed by atoms with van der Waals surface area (Å²) in [5.41, 5.74) is 1.55. The molecule has 2 aromatic heterocycles. The van der Waals surface area contributed by atoms with E-state index in [2.05, 4.69) is 25.2 Å². The van der Waals surface area contributed by atoms with Crippen LogP contribution in [0.5, 0.6) is 11.5 Å². The summed E-state index contributed by atoms with van der Waals surface area (Å²) in [6.45, 7) is -2.95. The van der Waals surface area contributed by atoms with Gasteiger partial charge in [0.2, 0.25) is 11.8 Å². The first kappa shape index (κ1) is 22.7. The summed E-state index contributed by atoms with van der Waals surface area (Å²) in [5, 5.41) is 12.8. The van der Waals surface area contributed by atoms with E-state index in [0.717, 1.165) is 17.3 Å². The zero-order chi connectivity index (χ0) is 23.2. The molecule has 0 fully saturated rings. The fourth-order valence-corrected chi connectivity index (χ4v) is 4.02. The third-order valence-corrected chi connectivity index (χ3v) is 5.78. The van der Waals surface area contributed by atoms with E-state index in [9.17, 15) is 13.6 Å². The number of halogens is 2. The minimum atomic E-state index is -2.95. The van der Waals surface area contributed by atoms with E-state index in [1.807, 2.05) is 0 Å². The number of benzene rings is 2. The number of rotatable bonds is 9. The number of methoxy groups -OCH3 is 1. The molecule has 0 aliphatic carbocycles. The molecule has 170 valence electrons. The third kappa shape index (κ3) is 5.84. The zero-order valence-electron chi connectivity index (χ0n) is 17.0. The van der Waals surface area contributed by atoms with E-state index in [0.29, 0.717) is 28.0 Å². The zero-order valence-corrected chi connectivity index (χ0v) is 18.7. The molecular weight excluding hydrogens is 474 g/mol. The molecule has 4 rings (SSSR count). The number of amides is 1. The van der Waals surface area contributed by atoms with Gasteiger partial charge in [0, 0.05) is 16.5 Å². The van der Waals surface area contributed by atoms with Gasteiger partial charge in [-0.2, -0.15) is 8.78 Å². The monoisotopic (exact) mass is 490 g/mol. The molecule has 0 aliphatic heterocycles. The second kappa shape index (κ2) is 10.4. The summed E-state index contributed by atoms with van der Waals surface area (Å²) in [6.07, 6.45) is 0. The van der Waals surface area contributed by atoms with Crippen LogP contribution in [0.2, 0.25) is 0 Å². The van der Waals surface area contributed by atoms with Gasteiger partial charge in [0.25, 0.3) is 5.22 Å². The van der Waals surface area contributed by atoms with Crippen LogP contribution in [0.15, 0.2) is 63.6 Å². The molecular formula is C21H16F2N4O4S2. The van der Waals surface area contributed by atoms with Crippen molar-refractivity contribution in [2.75, 3.05) is 18.2 Å². The summed E-state index contributed by atoms with van der Waals surface area (Å²) in [4.78, 5) is 16.6. The molecule has 0 saturated heterocycles. The molecule has 0 spiro atoms. The lowest BCUT2D eigenvalue weighted by molar-refractivity contribution is -0.113. The maximum atomic E-state index is 12.6. The predicted octanol–water partition coefficient (Wildman–Crippen LogP) is 5.20. The minimum absolute atomic E-state index is 0.00953. The van der Waals surface area contributed by atoms with E-state index in [4.69, 9.17) is 9.15 Å². The molecule has 0 unspecified atom stereocenters. The Morgan fingerprint density at radius 2 is 1.97 bits per heavy atom. The Labute approximate surface area is 195 Å². The van der Waals surface area contributed by atoms with Crippen LogP contribution in [0.1, 0.15) is 0 Å². The van der Waals surface area contributed by atoms with E-state index in [1.165, 1.54) is 17.4 Å². The van der Waals surface area contributed by atoms with Crippen LogP contribution >= 0.6 is 23.1 Å². The highest BCUT2D eigenvalue weighted by Gasteiger charge is 2.15. The van der Waals surface area contributed by atoms with Gasteiger partial charge in [0.15, 0.2) is 5.13 Å². The number of thioether (sulfide) groups is 1. The van der Waals surface area contributed by atoms with Gasteiger partial charge in [0.1, 0.15) is 11.5 Å². The van der Waals surface area contributed by atoms with Gasteiger partial charge in [-0.1, -0.05) is 23.9 Å². The van der Waals surface area contributed by atoms with Crippen LogP contribution in [0.25, 0.3) is 22.7 Å². The Morgan fingerprint density at radius 3 is 2.73 bits per heavy atom. The van der Waals surface area contributed by atoms with E-state index in [-0.39, 0.29) is 22.6 Å². The van der Waals surface area contributed by atoms with Crippen molar-refractivity contribution < 1.29 is 27.5 Å². The van der Waals surface area contributed by atoms with Crippen molar-refractivity contribution in [2.24, 2.45) is 0 Å². The van der Waals surface area contributed by atoms with Crippen LogP contribution in [-0.4, -0.2) is 40.6 Å². The first-order chi connectivity index (χ1) is 16.0. The second-order valence-corrected chi connectivity index (χ2v) is 8.14. The molecule has 0 bridgehead atoms. The number of nitrogens with zero attached hydrogens (tertiary/aromatic N) is 3. The van der Waals surface area contributed by atoms with Crippen LogP contribution in [-0.2, 0) is 4.79 Å². The summed E-state index contributed by atoms with van der Waals surface area (Å²) in [7, 11) is 1.58. The first-order valence-electron chi connectivity index (χ1n) is 9.42. The molecule has 4 aromatic rings. The fourth-order valence-electron chi connectivity index (χ4n) is 2.73. The standard InChI is InChI=1S/C21H16F2N4O4S2/c1-29-13-8-6-12(7-9-13)18-26-27-21(31-18)33-11-17(28)25-20-24-15(10-32-20)14-4-2-3-5-16(14)30-19(22)23/h2-10,19H,11H2,1H3,(H,24,25,28). The SMILES string of the molecule is COc1ccc(-c2nnc(SCC(=O)Nc3nc(-c4ccccc4OC(F)F)cs3)o2)cc1. The molecule has 1 N–H and O–H groups in total. The van der Waals surface area contributed by atoms with E-state index < -0.39 is 6.61 Å². The van der Waals surface area contributed by atoms with E-state index in [1.54, 1.807) is 55.0 Å². The third-order valence-electron chi connectivity index (χ3n) is 4.20. The summed E-state index contributed by atoms with van der Waals surface area (Å²) < 4.78 is 40.5. The van der Waals surface area contributed by atoms with Crippen LogP contribution in [0.4, 0.5) is 13.9 Å². The Bertz CT molecular complexity index is 1230. The molecule has 2 aromatic carbocycles. The smallest absolute Gasteiger partial charge is 0.387 e. The van der Waals surface area contributed by atoms with Crippen molar-refractivity contribution in [1.29, 1.82) is 0 Å². The molecule has 0 radical (unpaired) electrons. The lowest BCUT2D eigenvalue weighted by Gasteiger charge is -2.08. The summed E-state index contributed by atoms with van der Waals surface area (Å²) in [5.74, 6) is 0.733. The number of hydrogen-bond donors (Lipinski definition) is 1. The van der Waals surface area contributed by atoms with Crippen molar-refractivity contribution in [3.05, 3.63) is 53.9 Å². The summed E-state index contributed by atoms with van der Waals surface area (Å²) in [6, 6.07) is 13.5. The predicted molar refractivity (Wildman–Crippen MR) is 120 cm³/mol. The second-order valence-electron chi connectivity index (χ2n) is 6.35. The number of para-hydroxylation sites is 1. The van der Waals surface area contributed by atoms with Crippen LogP contribution < -0.4 is 14.8 Å². The molecule has 1 amide bonds. The Kier molecular flexibility index (Phi) is 7.15. The Hall–Kier alpha value is -3.51. The van der Waals surface area contributed by atoms with Gasteiger partial charge >= 0.3 is 6.61 Å². The molecule has 8 nitrogen and oxygen atoms in total. The van der Waals surface area contributed by atoms with Crippen molar-refractivity contribution in [1.82, 2.24) is 15.2 Å². The van der Waals surface area contributed by atoms with Crippen molar-refractivity contribution in [3.8, 4) is 34.2 Å². The van der Waals surface area contributed by atoms with Gasteiger partial charge in [-0.05, 0) is 36.4 Å². The fraction of sp³-hybridized carbons (Fsp3) is 0.143. The maximum absolute atomic E-state index is 12.6. The number of alkyl halides is 2. The lowest BCUT2D eigenvalue weighted by Crippen LogP contribution is -2.13. The first-order valence-corrected chi connectivity index (χ1v) is 11.3. The maximum Gasteiger partial charge on any atom is 0.387 e. The number of anilines is 1. The molecule has 2 heterocycles. The number of nitrogens with one attached hydrogen (secondary N) is 1. The van der Waals surface area contributed by atoms with Gasteiger partial charge in [0.05, 0.1) is 18.6 Å². The number of thiazole rings is 1. The number of carbonyl (C=O) groups excluding carboxylic acids is 1. The Morgan fingerprint density at radius 1 is 1.18 bits per heavy atom. The number of carbonyl (C=O) groups is 1. The Balaban J connectivity index is 1.34. The highest BCUT2D eigenvalue weighted by atomic mass is 32.2. The highest BCUT2D eigenvalue weighted by Crippen LogP contribution is 2.33. The van der Waals surface area contributed by atoms with Gasteiger partial charge < -0.3 is 19.2 Å². The van der Waals surface area contributed by atoms with Gasteiger partial charge in [-0.15, -0.1) is 21.5 Å². The van der Waals surface area contributed by atoms with Crippen LogP contribution in [0, 0.1) is 0 Å². The largest absolute Gasteiger partial charge is 0.497 e. The molecule has 0 atom stereocenters. The van der Waals surface area contributed by atoms with Crippen molar-refractivity contribution >= 4 is 34.1 Å². The topological polar surface area (TPSA) is 99.4 Å². The molecule has 12 heteroatoms. The minimum Gasteiger partial charge on any atom is -0.497 e. The quantitative estimate of drug-likeness (QED) is 0.320. The average Bonchev–Trinajstić information content (AvgIpc) is 3.48. The highest BCUT2D eigenvalue weighted by molar-refractivity contribution is 7.99. The number of ether oxygens (including phenoxy) is 2. The molecule has 0 saturated carbocycles. The van der Waals surface area contributed by atoms with Gasteiger partial charge in [-0.3, -0.25) is 4.79 Å². The van der Waals surface area contributed by atoms with E-state index >= 15 is 0 Å². The molecule has 33 heavy (non-hydrogen) atoms. The summed E-state index contributed by atoms with van der Waals surface area (Å²) >= 11 is 2.25.